The molecule has 2 aromatic carbocycles. The van der Waals surface area contributed by atoms with E-state index in [0.717, 1.165) is 22.7 Å². The molecule has 3 rings (SSSR count). The van der Waals surface area contributed by atoms with Gasteiger partial charge in [-0.25, -0.2) is 0 Å². The van der Waals surface area contributed by atoms with Crippen LogP contribution in [0.1, 0.15) is 5.56 Å². The molecule has 2 aromatic rings. The number of thiocarbonyl (C=S) groups is 1. The van der Waals surface area contributed by atoms with Crippen LogP contribution < -0.4 is 14.5 Å². The molecule has 0 N–H and O–H groups in total. The van der Waals surface area contributed by atoms with Crippen molar-refractivity contribution in [2.75, 3.05) is 30.5 Å². The van der Waals surface area contributed by atoms with Gasteiger partial charge in [-0.3, -0.25) is 9.69 Å². The average molecular weight is 397 g/mol. The summed E-state index contributed by atoms with van der Waals surface area (Å²) in [6, 6.07) is 15.3. The molecule has 0 radical (unpaired) electrons. The van der Waals surface area contributed by atoms with Crippen LogP contribution in [0.2, 0.25) is 0 Å². The largest absolute Gasteiger partial charge is 0.490 e. The van der Waals surface area contributed by atoms with Crippen molar-refractivity contribution in [3.05, 3.63) is 71.7 Å². The van der Waals surface area contributed by atoms with Gasteiger partial charge in [-0.05, 0) is 48.0 Å². The summed E-state index contributed by atoms with van der Waals surface area (Å²) >= 11 is 6.75. The minimum Gasteiger partial charge on any atom is -0.490 e. The fourth-order valence-corrected chi connectivity index (χ4v) is 3.86. The molecule has 0 unspecified atom stereocenters. The van der Waals surface area contributed by atoms with E-state index in [-0.39, 0.29) is 5.91 Å². The number of benzene rings is 2. The van der Waals surface area contributed by atoms with Gasteiger partial charge in [0.2, 0.25) is 0 Å². The molecule has 0 bridgehead atoms. The molecule has 0 saturated carbocycles. The van der Waals surface area contributed by atoms with Gasteiger partial charge in [0.25, 0.3) is 5.91 Å². The lowest BCUT2D eigenvalue weighted by Gasteiger charge is -2.17. The molecule has 0 aromatic heterocycles. The number of nitrogens with zero attached hydrogens (tertiary/aromatic N) is 2. The average Bonchev–Trinajstić information content (AvgIpc) is 2.94. The molecule has 6 heteroatoms. The first-order valence-corrected chi connectivity index (χ1v) is 9.61. The Morgan fingerprint density at radius 1 is 1.15 bits per heavy atom. The van der Waals surface area contributed by atoms with Gasteiger partial charge < -0.3 is 9.64 Å². The number of carbonyl (C=O) groups is 1. The van der Waals surface area contributed by atoms with Crippen molar-refractivity contribution in [3.8, 4) is 5.75 Å². The third kappa shape index (κ3) is 4.40. The molecule has 138 valence electrons. The summed E-state index contributed by atoms with van der Waals surface area (Å²) in [5.41, 5.74) is 2.77. The highest BCUT2D eigenvalue weighted by Crippen LogP contribution is 2.36. The topological polar surface area (TPSA) is 32.8 Å². The second-order valence-electron chi connectivity index (χ2n) is 6.10. The molecule has 1 amide bonds. The molecular formula is C21H20N2O2S2. The zero-order chi connectivity index (χ0) is 19.4. The van der Waals surface area contributed by atoms with Crippen LogP contribution in [0.3, 0.4) is 0 Å². The number of anilines is 2. The summed E-state index contributed by atoms with van der Waals surface area (Å²) in [7, 11) is 3.95. The molecule has 1 aliphatic heterocycles. The quantitative estimate of drug-likeness (QED) is 0.401. The van der Waals surface area contributed by atoms with E-state index in [1.54, 1.807) is 11.0 Å². The van der Waals surface area contributed by atoms with Crippen molar-refractivity contribution in [3.63, 3.8) is 0 Å². The van der Waals surface area contributed by atoms with Crippen molar-refractivity contribution >= 4 is 51.7 Å². The summed E-state index contributed by atoms with van der Waals surface area (Å²) in [6.07, 6.45) is 3.55. The van der Waals surface area contributed by atoms with Gasteiger partial charge in [0.15, 0.2) is 4.32 Å². The van der Waals surface area contributed by atoms with Crippen LogP contribution in [0.25, 0.3) is 6.08 Å². The molecule has 0 aliphatic carbocycles. The van der Waals surface area contributed by atoms with Crippen molar-refractivity contribution in [1.82, 2.24) is 0 Å². The number of amides is 1. The molecule has 27 heavy (non-hydrogen) atoms. The third-order valence-corrected chi connectivity index (χ3v) is 5.27. The number of rotatable bonds is 6. The molecule has 0 atom stereocenters. The van der Waals surface area contributed by atoms with E-state index < -0.39 is 0 Å². The standard InChI is InChI=1S/C21H20N2O2S2/c1-4-13-25-18-11-5-15(6-12-18)14-19-20(24)23(21(26)27-19)17-9-7-16(8-10-17)22(2)3/h4-12,14H,1,13H2,2-3H3/b19-14+. The monoisotopic (exact) mass is 396 g/mol. The minimum absolute atomic E-state index is 0.102. The Hall–Kier alpha value is -2.57. The first kappa shape index (κ1) is 19.2. The Labute approximate surface area is 169 Å². The molecule has 1 fully saturated rings. The fraction of sp³-hybridized carbons (Fsp3) is 0.143. The Balaban J connectivity index is 1.78. The van der Waals surface area contributed by atoms with Gasteiger partial charge in [0.05, 0.1) is 10.6 Å². The van der Waals surface area contributed by atoms with E-state index >= 15 is 0 Å². The van der Waals surface area contributed by atoms with E-state index in [9.17, 15) is 4.79 Å². The zero-order valence-electron chi connectivity index (χ0n) is 15.2. The summed E-state index contributed by atoms with van der Waals surface area (Å²) in [5, 5.41) is 0. The van der Waals surface area contributed by atoms with E-state index in [2.05, 4.69) is 6.58 Å². The van der Waals surface area contributed by atoms with E-state index in [4.69, 9.17) is 17.0 Å². The number of thioether (sulfide) groups is 1. The summed E-state index contributed by atoms with van der Waals surface area (Å²) in [5.74, 6) is 0.662. The highest BCUT2D eigenvalue weighted by Gasteiger charge is 2.33. The molecule has 4 nitrogen and oxygen atoms in total. The van der Waals surface area contributed by atoms with Crippen LogP contribution >= 0.6 is 24.0 Å². The SMILES string of the molecule is C=CCOc1ccc(/C=C2/SC(=S)N(c3ccc(N(C)C)cc3)C2=O)cc1. The Morgan fingerprint density at radius 2 is 1.81 bits per heavy atom. The third-order valence-electron chi connectivity index (χ3n) is 3.96. The van der Waals surface area contributed by atoms with Gasteiger partial charge in [-0.1, -0.05) is 48.8 Å². The van der Waals surface area contributed by atoms with E-state index in [0.29, 0.717) is 15.8 Å². The second kappa shape index (κ2) is 8.41. The summed E-state index contributed by atoms with van der Waals surface area (Å²) in [6.45, 7) is 4.09. The number of hydrogen-bond acceptors (Lipinski definition) is 5. The van der Waals surface area contributed by atoms with Crippen LogP contribution in [-0.4, -0.2) is 30.9 Å². The number of carbonyl (C=O) groups excluding carboxylic acids is 1. The van der Waals surface area contributed by atoms with Crippen LogP contribution in [0, 0.1) is 0 Å². The van der Waals surface area contributed by atoms with Crippen molar-refractivity contribution in [2.24, 2.45) is 0 Å². The second-order valence-corrected chi connectivity index (χ2v) is 7.77. The Kier molecular flexibility index (Phi) is 5.98. The van der Waals surface area contributed by atoms with Gasteiger partial charge in [0, 0.05) is 19.8 Å². The van der Waals surface area contributed by atoms with Crippen LogP contribution in [0.5, 0.6) is 5.75 Å². The van der Waals surface area contributed by atoms with Crippen LogP contribution in [0.4, 0.5) is 11.4 Å². The maximum absolute atomic E-state index is 12.9. The normalized spacial score (nSPS) is 15.3. The Morgan fingerprint density at radius 3 is 2.41 bits per heavy atom. The molecular weight excluding hydrogens is 376 g/mol. The van der Waals surface area contributed by atoms with Gasteiger partial charge >= 0.3 is 0 Å². The van der Waals surface area contributed by atoms with Gasteiger partial charge in [0.1, 0.15) is 12.4 Å². The Bertz CT molecular complexity index is 887. The highest BCUT2D eigenvalue weighted by molar-refractivity contribution is 8.27. The molecule has 0 spiro atoms. The smallest absolute Gasteiger partial charge is 0.270 e. The summed E-state index contributed by atoms with van der Waals surface area (Å²) in [4.78, 5) is 17.0. The summed E-state index contributed by atoms with van der Waals surface area (Å²) < 4.78 is 6.01. The molecule has 1 saturated heterocycles. The minimum atomic E-state index is -0.102. The van der Waals surface area contributed by atoms with Gasteiger partial charge in [-0.2, -0.15) is 0 Å². The zero-order valence-corrected chi connectivity index (χ0v) is 16.8. The van der Waals surface area contributed by atoms with Gasteiger partial charge in [-0.15, -0.1) is 0 Å². The number of hydrogen-bond donors (Lipinski definition) is 0. The van der Waals surface area contributed by atoms with Crippen molar-refractivity contribution < 1.29 is 9.53 Å². The highest BCUT2D eigenvalue weighted by atomic mass is 32.2. The lowest BCUT2D eigenvalue weighted by Crippen LogP contribution is -2.27. The van der Waals surface area contributed by atoms with Crippen molar-refractivity contribution in [1.29, 1.82) is 0 Å². The first-order valence-electron chi connectivity index (χ1n) is 8.38. The van der Waals surface area contributed by atoms with Crippen LogP contribution in [-0.2, 0) is 4.79 Å². The lowest BCUT2D eigenvalue weighted by molar-refractivity contribution is -0.113. The fourth-order valence-electron chi connectivity index (χ4n) is 2.56. The molecule has 1 heterocycles. The maximum Gasteiger partial charge on any atom is 0.270 e. The van der Waals surface area contributed by atoms with Crippen LogP contribution in [0.15, 0.2) is 66.1 Å². The molecule has 1 aliphatic rings. The number of ether oxygens (including phenoxy) is 1. The van der Waals surface area contributed by atoms with E-state index in [1.165, 1.54) is 11.8 Å². The van der Waals surface area contributed by atoms with Crippen molar-refractivity contribution in [2.45, 2.75) is 0 Å². The van der Waals surface area contributed by atoms with E-state index in [1.807, 2.05) is 73.6 Å². The predicted molar refractivity (Wildman–Crippen MR) is 119 cm³/mol. The lowest BCUT2D eigenvalue weighted by atomic mass is 10.2. The first-order chi connectivity index (χ1) is 13.0. The predicted octanol–water partition coefficient (Wildman–Crippen LogP) is 4.72. The maximum atomic E-state index is 12.9.